The van der Waals surface area contributed by atoms with Gasteiger partial charge in [-0.3, -0.25) is 24.0 Å². The molecule has 0 spiro atoms. The molecule has 5 amide bonds. The zero-order chi connectivity index (χ0) is 37.7. The third kappa shape index (κ3) is 9.02. The van der Waals surface area contributed by atoms with Crippen LogP contribution in [0.3, 0.4) is 0 Å². The minimum atomic E-state index is -0.967. The maximum absolute atomic E-state index is 13.9. The molecule has 278 valence electrons. The summed E-state index contributed by atoms with van der Waals surface area (Å²) in [6.45, 7) is 12.6. The number of aliphatic imine (C=N–C) groups is 1. The molecular weight excluding hydrogens is 705 g/mol. The number of fused-ring (bicyclic) bond motifs is 5. The van der Waals surface area contributed by atoms with Gasteiger partial charge in [-0.15, -0.1) is 22.7 Å². The van der Waals surface area contributed by atoms with E-state index in [1.165, 1.54) is 22.7 Å². The van der Waals surface area contributed by atoms with Crippen molar-refractivity contribution in [1.82, 2.24) is 36.6 Å². The summed E-state index contributed by atoms with van der Waals surface area (Å²) in [5.74, 6) is -2.55. The Kier molecular flexibility index (Phi) is 12.4. The van der Waals surface area contributed by atoms with Gasteiger partial charge in [0.05, 0.1) is 12.1 Å². The first-order chi connectivity index (χ1) is 24.7. The number of carbonyl (C=O) groups is 5. The normalized spacial score (nSPS) is 26.9. The Bertz CT molecular complexity index is 1810. The van der Waals surface area contributed by atoms with Gasteiger partial charge in [0.25, 0.3) is 11.8 Å². The molecule has 0 saturated carbocycles. The standard InChI is InChI=1S/C36H46N8O6S2/c1-8-18(4)27-34-44-28(21(7)50-34)33(49)39-23(14-22-12-10-9-11-13-22)36-41-25(16-52-36)30(46)42-26(17(2)3)32(48)37-19(5)29(45)38-20(6)35-40-24(15-51-35)31(47)43-27/h9-13,15-21,23,26-28H,8,14H2,1-7H3,(H,37,48)(H,38,45)(H,39,49)(H,42,46)(H,43,47)/t18-,19-,20+,21+,23+,26-,27-,28-/m0/s1. The Morgan fingerprint density at radius 1 is 0.731 bits per heavy atom. The second kappa shape index (κ2) is 16.8. The van der Waals surface area contributed by atoms with E-state index in [0.29, 0.717) is 22.9 Å². The van der Waals surface area contributed by atoms with Crippen molar-refractivity contribution in [1.29, 1.82) is 0 Å². The van der Waals surface area contributed by atoms with Crippen LogP contribution >= 0.6 is 22.7 Å². The molecule has 4 heterocycles. The number of amides is 5. The Hall–Kier alpha value is -4.70. The fourth-order valence-corrected chi connectivity index (χ4v) is 7.48. The second-order valence-corrected chi connectivity index (χ2v) is 15.4. The molecule has 3 aromatic rings. The lowest BCUT2D eigenvalue weighted by atomic mass is 9.98. The summed E-state index contributed by atoms with van der Waals surface area (Å²) in [7, 11) is 0. The van der Waals surface area contributed by atoms with Gasteiger partial charge in [0, 0.05) is 10.8 Å². The molecule has 6 bridgehead atoms. The summed E-state index contributed by atoms with van der Waals surface area (Å²) < 4.78 is 6.15. The van der Waals surface area contributed by atoms with Gasteiger partial charge >= 0.3 is 0 Å². The van der Waals surface area contributed by atoms with Gasteiger partial charge in [0.15, 0.2) is 6.04 Å². The predicted octanol–water partition coefficient (Wildman–Crippen LogP) is 3.48. The van der Waals surface area contributed by atoms with Crippen LogP contribution in [-0.4, -0.2) is 75.7 Å². The number of nitrogens with one attached hydrogen (secondary N) is 5. The molecule has 0 saturated heterocycles. The van der Waals surface area contributed by atoms with Gasteiger partial charge in [-0.1, -0.05) is 64.4 Å². The molecule has 0 unspecified atom stereocenters. The Labute approximate surface area is 311 Å². The fraction of sp³-hybridized carbons (Fsp3) is 0.500. The van der Waals surface area contributed by atoms with Crippen LogP contribution in [0.2, 0.25) is 0 Å². The summed E-state index contributed by atoms with van der Waals surface area (Å²) in [5.41, 5.74) is 1.19. The average molecular weight is 751 g/mol. The molecule has 16 heteroatoms. The molecule has 0 radical (unpaired) electrons. The Morgan fingerprint density at radius 2 is 1.33 bits per heavy atom. The van der Waals surface area contributed by atoms with E-state index in [9.17, 15) is 24.0 Å². The molecule has 52 heavy (non-hydrogen) atoms. The lowest BCUT2D eigenvalue weighted by Gasteiger charge is -2.24. The van der Waals surface area contributed by atoms with Crippen LogP contribution in [0, 0.1) is 11.8 Å². The molecule has 0 fully saturated rings. The third-order valence-corrected chi connectivity index (χ3v) is 11.2. The smallest absolute Gasteiger partial charge is 0.271 e. The topological polar surface area (TPSA) is 193 Å². The largest absolute Gasteiger partial charge is 0.474 e. The molecule has 1 aromatic carbocycles. The van der Waals surface area contributed by atoms with Crippen LogP contribution in [0.15, 0.2) is 46.1 Å². The summed E-state index contributed by atoms with van der Waals surface area (Å²) in [6, 6.07) is 4.95. The predicted molar refractivity (Wildman–Crippen MR) is 198 cm³/mol. The van der Waals surface area contributed by atoms with Crippen molar-refractivity contribution >= 4 is 58.1 Å². The number of benzene rings is 1. The highest BCUT2D eigenvalue weighted by Crippen LogP contribution is 2.26. The Balaban J connectivity index is 1.51. The number of hydrogen-bond donors (Lipinski definition) is 5. The summed E-state index contributed by atoms with van der Waals surface area (Å²) >= 11 is 2.43. The maximum atomic E-state index is 13.9. The molecule has 5 N–H and O–H groups in total. The lowest BCUT2D eigenvalue weighted by Crippen LogP contribution is -2.54. The van der Waals surface area contributed by atoms with Gasteiger partial charge in [-0.2, -0.15) is 0 Å². The molecular formula is C36H46N8O6S2. The van der Waals surface area contributed by atoms with Gasteiger partial charge in [0.2, 0.25) is 23.6 Å². The van der Waals surface area contributed by atoms with E-state index in [-0.39, 0.29) is 35.0 Å². The maximum Gasteiger partial charge on any atom is 0.271 e. The van der Waals surface area contributed by atoms with E-state index in [2.05, 4.69) is 36.6 Å². The molecule has 2 aromatic heterocycles. The van der Waals surface area contributed by atoms with Crippen LogP contribution in [0.1, 0.15) is 104 Å². The number of nitrogens with zero attached hydrogens (tertiary/aromatic N) is 3. The highest BCUT2D eigenvalue weighted by molar-refractivity contribution is 7.10. The average Bonchev–Trinajstić information content (AvgIpc) is 3.89. The second-order valence-electron chi connectivity index (χ2n) is 13.6. The van der Waals surface area contributed by atoms with E-state index in [0.717, 1.165) is 5.56 Å². The number of carbonyl (C=O) groups excluding carboxylic acids is 5. The molecule has 2 aliphatic heterocycles. The van der Waals surface area contributed by atoms with E-state index in [1.54, 1.807) is 45.4 Å². The number of rotatable bonds is 5. The minimum Gasteiger partial charge on any atom is -0.474 e. The van der Waals surface area contributed by atoms with Crippen LogP contribution in [0.4, 0.5) is 0 Å². The van der Waals surface area contributed by atoms with E-state index >= 15 is 0 Å². The molecule has 5 rings (SSSR count). The number of ether oxygens (including phenoxy) is 1. The minimum absolute atomic E-state index is 0.0904. The van der Waals surface area contributed by atoms with Crippen molar-refractivity contribution < 1.29 is 28.7 Å². The van der Waals surface area contributed by atoms with Crippen molar-refractivity contribution in [3.8, 4) is 0 Å². The monoisotopic (exact) mass is 750 g/mol. The van der Waals surface area contributed by atoms with Crippen molar-refractivity contribution in [3.63, 3.8) is 0 Å². The van der Waals surface area contributed by atoms with Gasteiger partial charge in [0.1, 0.15) is 45.6 Å². The zero-order valence-corrected chi connectivity index (χ0v) is 31.9. The lowest BCUT2D eigenvalue weighted by molar-refractivity contribution is -0.130. The first kappa shape index (κ1) is 38.5. The van der Waals surface area contributed by atoms with Crippen LogP contribution in [-0.2, 0) is 25.5 Å². The third-order valence-electron chi connectivity index (χ3n) is 9.18. The van der Waals surface area contributed by atoms with E-state index in [1.807, 2.05) is 44.2 Å². The number of aromatic nitrogens is 2. The Morgan fingerprint density at radius 3 is 1.96 bits per heavy atom. The quantitative estimate of drug-likeness (QED) is 0.262. The SMILES string of the molecule is CC[C@H](C)[C@@H]1NC(=O)c2csc(n2)[C@@H](C)NC(=O)[C@H](C)NC(=O)[C@H](C(C)C)NC(=O)c2csc(n2)[C@@H](Cc2ccccc2)NC(=O)[C@H]2N=C1O[C@@H]2C. The van der Waals surface area contributed by atoms with Gasteiger partial charge in [-0.25, -0.2) is 15.0 Å². The molecule has 0 aliphatic carbocycles. The summed E-state index contributed by atoms with van der Waals surface area (Å²) in [6.07, 6.45) is 0.450. The van der Waals surface area contributed by atoms with E-state index in [4.69, 9.17) is 9.73 Å². The van der Waals surface area contributed by atoms with Crippen molar-refractivity contribution in [2.45, 2.75) is 104 Å². The zero-order valence-electron chi connectivity index (χ0n) is 30.3. The summed E-state index contributed by atoms with van der Waals surface area (Å²) in [5, 5.41) is 18.6. The van der Waals surface area contributed by atoms with E-state index < -0.39 is 66.0 Å². The van der Waals surface area contributed by atoms with Crippen molar-refractivity contribution in [3.05, 3.63) is 68.1 Å². The fourth-order valence-electron chi connectivity index (χ4n) is 5.82. The van der Waals surface area contributed by atoms with Crippen molar-refractivity contribution in [2.75, 3.05) is 0 Å². The highest BCUT2D eigenvalue weighted by Gasteiger charge is 2.40. The number of hydrogen-bond acceptors (Lipinski definition) is 11. The summed E-state index contributed by atoms with van der Waals surface area (Å²) in [4.78, 5) is 81.2. The van der Waals surface area contributed by atoms with Crippen molar-refractivity contribution in [2.24, 2.45) is 16.8 Å². The molecule has 14 nitrogen and oxygen atoms in total. The van der Waals surface area contributed by atoms with Crippen LogP contribution < -0.4 is 26.6 Å². The van der Waals surface area contributed by atoms with Crippen LogP contribution in [0.5, 0.6) is 0 Å². The first-order valence-electron chi connectivity index (χ1n) is 17.5. The van der Waals surface area contributed by atoms with Crippen LogP contribution in [0.25, 0.3) is 0 Å². The molecule has 2 aliphatic rings. The highest BCUT2D eigenvalue weighted by atomic mass is 32.1. The number of thiazole rings is 2. The first-order valence-corrected chi connectivity index (χ1v) is 19.2. The van der Waals surface area contributed by atoms with Gasteiger partial charge in [-0.05, 0) is 44.6 Å². The molecule has 8 atom stereocenters. The van der Waals surface area contributed by atoms with Gasteiger partial charge < -0.3 is 31.3 Å².